The van der Waals surface area contributed by atoms with Crippen LogP contribution in [-0.2, 0) is 0 Å². The number of carbonyl (C=O) groups is 1. The maximum Gasteiger partial charge on any atom is 0.258 e. The average molecular weight is 332 g/mol. The summed E-state index contributed by atoms with van der Waals surface area (Å²) in [5.41, 5.74) is 5.43. The Balaban J connectivity index is 1.72. The molecule has 0 bridgehead atoms. The van der Waals surface area contributed by atoms with Gasteiger partial charge in [-0.2, -0.15) is 0 Å². The first-order valence-electron chi connectivity index (χ1n) is 8.07. The molecule has 0 aliphatic carbocycles. The fraction of sp³-hybridized carbons (Fsp3) is 0.150. The molecule has 126 valence electrons. The number of hydrogen-bond acceptors (Lipinski definition) is 4. The van der Waals surface area contributed by atoms with Crippen LogP contribution in [0.25, 0.3) is 0 Å². The molecule has 3 rings (SSSR count). The van der Waals surface area contributed by atoms with E-state index in [0.717, 1.165) is 28.1 Å². The summed E-state index contributed by atoms with van der Waals surface area (Å²) >= 11 is 0. The van der Waals surface area contributed by atoms with Crippen molar-refractivity contribution in [2.24, 2.45) is 0 Å². The third-order valence-electron chi connectivity index (χ3n) is 4.16. The summed E-state index contributed by atoms with van der Waals surface area (Å²) in [6.07, 6.45) is 3.04. The van der Waals surface area contributed by atoms with Gasteiger partial charge in [-0.05, 0) is 49.6 Å². The average Bonchev–Trinajstić information content (AvgIpc) is 2.61. The number of para-hydroxylation sites is 1. The number of aromatic nitrogens is 2. The lowest BCUT2D eigenvalue weighted by Gasteiger charge is -2.11. The molecule has 0 fully saturated rings. The Morgan fingerprint density at radius 2 is 1.48 bits per heavy atom. The van der Waals surface area contributed by atoms with Gasteiger partial charge in [0, 0.05) is 23.8 Å². The summed E-state index contributed by atoms with van der Waals surface area (Å²) in [6.45, 7) is 6.01. The van der Waals surface area contributed by atoms with Gasteiger partial charge in [0.05, 0.1) is 5.56 Å². The molecular weight excluding hydrogens is 312 g/mol. The van der Waals surface area contributed by atoms with E-state index in [1.54, 1.807) is 0 Å². The number of anilines is 3. The van der Waals surface area contributed by atoms with Crippen LogP contribution in [0, 0.1) is 20.8 Å². The van der Waals surface area contributed by atoms with Gasteiger partial charge in [0.1, 0.15) is 0 Å². The second kappa shape index (κ2) is 7.13. The Morgan fingerprint density at radius 1 is 0.840 bits per heavy atom. The first-order chi connectivity index (χ1) is 12.0. The number of rotatable bonds is 4. The number of benzene rings is 2. The summed E-state index contributed by atoms with van der Waals surface area (Å²) in [7, 11) is 0. The lowest BCUT2D eigenvalue weighted by Crippen LogP contribution is -2.14. The van der Waals surface area contributed by atoms with Gasteiger partial charge >= 0.3 is 0 Å². The van der Waals surface area contributed by atoms with Gasteiger partial charge in [0.15, 0.2) is 0 Å². The van der Waals surface area contributed by atoms with Crippen LogP contribution in [0.2, 0.25) is 0 Å². The van der Waals surface area contributed by atoms with Crippen molar-refractivity contribution in [3.05, 3.63) is 77.1 Å². The molecular formula is C20H20N4O. The molecule has 0 unspecified atom stereocenters. The molecule has 0 aliphatic rings. The first-order valence-corrected chi connectivity index (χ1v) is 8.07. The van der Waals surface area contributed by atoms with Crippen molar-refractivity contribution in [1.29, 1.82) is 0 Å². The van der Waals surface area contributed by atoms with E-state index in [9.17, 15) is 4.79 Å². The quantitative estimate of drug-likeness (QED) is 0.743. The Bertz CT molecular complexity index is 904. The molecule has 0 spiro atoms. The standard InChI is InChI=1S/C20H20N4O/c1-13-8-6-10-18(15(13)3)23-19(25)16-11-21-20(22-12-16)24-17-9-5-4-7-14(17)2/h4-12H,1-3H3,(H,23,25)(H,21,22,24). The van der Waals surface area contributed by atoms with E-state index >= 15 is 0 Å². The molecule has 0 radical (unpaired) electrons. The Labute approximate surface area is 147 Å². The second-order valence-corrected chi connectivity index (χ2v) is 5.94. The topological polar surface area (TPSA) is 66.9 Å². The van der Waals surface area contributed by atoms with Gasteiger partial charge in [-0.3, -0.25) is 4.79 Å². The summed E-state index contributed by atoms with van der Waals surface area (Å²) in [5, 5.41) is 6.06. The van der Waals surface area contributed by atoms with Crippen molar-refractivity contribution in [3.8, 4) is 0 Å². The Hall–Kier alpha value is -3.21. The predicted octanol–water partition coefficient (Wildman–Crippen LogP) is 4.40. The zero-order chi connectivity index (χ0) is 17.8. The van der Waals surface area contributed by atoms with Crippen LogP contribution < -0.4 is 10.6 Å². The van der Waals surface area contributed by atoms with Gasteiger partial charge in [-0.1, -0.05) is 30.3 Å². The number of nitrogens with zero attached hydrogens (tertiary/aromatic N) is 2. The van der Waals surface area contributed by atoms with E-state index in [4.69, 9.17) is 0 Å². The summed E-state index contributed by atoms with van der Waals surface area (Å²) in [6, 6.07) is 13.7. The minimum atomic E-state index is -0.226. The highest BCUT2D eigenvalue weighted by atomic mass is 16.1. The minimum Gasteiger partial charge on any atom is -0.324 e. The van der Waals surface area contributed by atoms with Crippen molar-refractivity contribution in [2.45, 2.75) is 20.8 Å². The molecule has 1 amide bonds. The molecule has 25 heavy (non-hydrogen) atoms. The van der Waals surface area contributed by atoms with Crippen molar-refractivity contribution < 1.29 is 4.79 Å². The Kier molecular flexibility index (Phi) is 4.75. The lowest BCUT2D eigenvalue weighted by atomic mass is 10.1. The fourth-order valence-electron chi connectivity index (χ4n) is 2.42. The van der Waals surface area contributed by atoms with Crippen molar-refractivity contribution in [1.82, 2.24) is 9.97 Å². The predicted molar refractivity (Wildman–Crippen MR) is 100 cm³/mol. The smallest absolute Gasteiger partial charge is 0.258 e. The molecule has 0 saturated carbocycles. The molecule has 1 aromatic heterocycles. The third-order valence-corrected chi connectivity index (χ3v) is 4.16. The summed E-state index contributed by atoms with van der Waals surface area (Å²) in [4.78, 5) is 20.9. The van der Waals surface area contributed by atoms with Gasteiger partial charge < -0.3 is 10.6 Å². The molecule has 2 N–H and O–H groups in total. The molecule has 0 saturated heterocycles. The SMILES string of the molecule is Cc1ccccc1Nc1ncc(C(=O)Nc2cccc(C)c2C)cn1. The third kappa shape index (κ3) is 3.83. The summed E-state index contributed by atoms with van der Waals surface area (Å²) in [5.74, 6) is 0.230. The van der Waals surface area contributed by atoms with E-state index in [0.29, 0.717) is 11.5 Å². The number of amides is 1. The van der Waals surface area contributed by atoms with E-state index < -0.39 is 0 Å². The fourth-order valence-corrected chi connectivity index (χ4v) is 2.42. The van der Waals surface area contributed by atoms with Crippen LogP contribution in [-0.4, -0.2) is 15.9 Å². The molecule has 5 nitrogen and oxygen atoms in total. The van der Waals surface area contributed by atoms with E-state index in [1.807, 2.05) is 63.2 Å². The molecule has 0 aliphatic heterocycles. The zero-order valence-corrected chi connectivity index (χ0v) is 14.5. The first kappa shape index (κ1) is 16.6. The molecule has 2 aromatic carbocycles. The van der Waals surface area contributed by atoms with Crippen molar-refractivity contribution in [2.75, 3.05) is 10.6 Å². The van der Waals surface area contributed by atoms with Gasteiger partial charge in [0.2, 0.25) is 5.95 Å². The highest BCUT2D eigenvalue weighted by Gasteiger charge is 2.10. The van der Waals surface area contributed by atoms with Crippen LogP contribution >= 0.6 is 0 Å². The summed E-state index contributed by atoms with van der Waals surface area (Å²) < 4.78 is 0. The number of hydrogen-bond donors (Lipinski definition) is 2. The monoisotopic (exact) mass is 332 g/mol. The van der Waals surface area contributed by atoms with Gasteiger partial charge in [0.25, 0.3) is 5.91 Å². The van der Waals surface area contributed by atoms with Gasteiger partial charge in [-0.15, -0.1) is 0 Å². The lowest BCUT2D eigenvalue weighted by molar-refractivity contribution is 0.102. The molecule has 0 atom stereocenters. The van der Waals surface area contributed by atoms with E-state index in [-0.39, 0.29) is 5.91 Å². The molecule has 3 aromatic rings. The molecule has 1 heterocycles. The maximum atomic E-state index is 12.4. The van der Waals surface area contributed by atoms with Crippen LogP contribution in [0.15, 0.2) is 54.9 Å². The number of carbonyl (C=O) groups excluding carboxylic acids is 1. The van der Waals surface area contributed by atoms with Crippen LogP contribution in [0.4, 0.5) is 17.3 Å². The maximum absolute atomic E-state index is 12.4. The van der Waals surface area contributed by atoms with Crippen LogP contribution in [0.3, 0.4) is 0 Å². The van der Waals surface area contributed by atoms with Crippen LogP contribution in [0.5, 0.6) is 0 Å². The van der Waals surface area contributed by atoms with Crippen LogP contribution in [0.1, 0.15) is 27.0 Å². The largest absolute Gasteiger partial charge is 0.324 e. The highest BCUT2D eigenvalue weighted by molar-refractivity contribution is 6.04. The van der Waals surface area contributed by atoms with Gasteiger partial charge in [-0.25, -0.2) is 9.97 Å². The van der Waals surface area contributed by atoms with E-state index in [1.165, 1.54) is 12.4 Å². The Morgan fingerprint density at radius 3 is 2.20 bits per heavy atom. The van der Waals surface area contributed by atoms with E-state index in [2.05, 4.69) is 20.6 Å². The normalized spacial score (nSPS) is 10.4. The zero-order valence-electron chi connectivity index (χ0n) is 14.5. The van der Waals surface area contributed by atoms with Crippen molar-refractivity contribution >= 4 is 23.2 Å². The highest BCUT2D eigenvalue weighted by Crippen LogP contribution is 2.19. The van der Waals surface area contributed by atoms with Crippen molar-refractivity contribution in [3.63, 3.8) is 0 Å². The number of nitrogens with one attached hydrogen (secondary N) is 2. The second-order valence-electron chi connectivity index (χ2n) is 5.94. The number of aryl methyl sites for hydroxylation is 2. The minimum absolute atomic E-state index is 0.226. The molecule has 5 heteroatoms.